The van der Waals surface area contributed by atoms with Gasteiger partial charge in [0, 0.05) is 24.5 Å². The van der Waals surface area contributed by atoms with Crippen molar-refractivity contribution in [1.82, 2.24) is 10.6 Å². The molecule has 5 nitrogen and oxygen atoms in total. The molecule has 6 heteroatoms. The number of nitrogens with one attached hydrogen (secondary N) is 3. The van der Waals surface area contributed by atoms with Gasteiger partial charge in [0.1, 0.15) is 0 Å². The van der Waals surface area contributed by atoms with Crippen LogP contribution in [0.15, 0.2) is 22.7 Å². The zero-order valence-corrected chi connectivity index (χ0v) is 12.6. The molecule has 0 aliphatic heterocycles. The molecule has 3 amide bonds. The Morgan fingerprint density at radius 2 is 1.89 bits per heavy atom. The first-order valence-electron chi connectivity index (χ1n) is 6.04. The third kappa shape index (κ3) is 6.24. The lowest BCUT2D eigenvalue weighted by molar-refractivity contribution is -0.118. The van der Waals surface area contributed by atoms with Crippen molar-refractivity contribution in [3.8, 4) is 0 Å². The van der Waals surface area contributed by atoms with Crippen LogP contribution in [-0.2, 0) is 4.79 Å². The van der Waals surface area contributed by atoms with E-state index in [2.05, 4.69) is 31.9 Å². The number of carbonyl (C=O) groups excluding carboxylic acids is 2. The monoisotopic (exact) mass is 327 g/mol. The van der Waals surface area contributed by atoms with E-state index in [0.717, 1.165) is 15.7 Å². The van der Waals surface area contributed by atoms with E-state index in [1.807, 2.05) is 25.1 Å². The SMILES string of the molecule is CC(=O)NCCCNC(=O)Nc1ccc(C)cc1Br. The molecule has 0 aliphatic rings. The lowest BCUT2D eigenvalue weighted by atomic mass is 10.2. The summed E-state index contributed by atoms with van der Waals surface area (Å²) in [5.41, 5.74) is 1.85. The third-order valence-electron chi connectivity index (χ3n) is 2.39. The van der Waals surface area contributed by atoms with Crippen molar-refractivity contribution in [2.24, 2.45) is 0 Å². The summed E-state index contributed by atoms with van der Waals surface area (Å²) in [5, 5.41) is 8.14. The van der Waals surface area contributed by atoms with Gasteiger partial charge < -0.3 is 16.0 Å². The lowest BCUT2D eigenvalue weighted by Gasteiger charge is -2.09. The van der Waals surface area contributed by atoms with Crippen molar-refractivity contribution in [1.29, 1.82) is 0 Å². The van der Waals surface area contributed by atoms with Crippen molar-refractivity contribution < 1.29 is 9.59 Å². The molecule has 0 aromatic heterocycles. The summed E-state index contributed by atoms with van der Waals surface area (Å²) in [4.78, 5) is 22.2. The number of halogens is 1. The molecule has 0 atom stereocenters. The van der Waals surface area contributed by atoms with Gasteiger partial charge in [0.05, 0.1) is 5.69 Å². The van der Waals surface area contributed by atoms with Crippen LogP contribution in [0.2, 0.25) is 0 Å². The van der Waals surface area contributed by atoms with Crippen molar-refractivity contribution in [3.05, 3.63) is 28.2 Å². The highest BCUT2D eigenvalue weighted by atomic mass is 79.9. The third-order valence-corrected chi connectivity index (χ3v) is 3.04. The number of carbonyl (C=O) groups is 2. The van der Waals surface area contributed by atoms with Crippen LogP contribution < -0.4 is 16.0 Å². The number of hydrogen-bond acceptors (Lipinski definition) is 2. The van der Waals surface area contributed by atoms with Crippen molar-refractivity contribution >= 4 is 33.6 Å². The van der Waals surface area contributed by atoms with E-state index in [9.17, 15) is 9.59 Å². The highest BCUT2D eigenvalue weighted by Crippen LogP contribution is 2.23. The Balaban J connectivity index is 2.29. The number of hydrogen-bond donors (Lipinski definition) is 3. The molecular weight excluding hydrogens is 310 g/mol. The van der Waals surface area contributed by atoms with Crippen LogP contribution in [0, 0.1) is 6.92 Å². The van der Waals surface area contributed by atoms with Gasteiger partial charge in [0.25, 0.3) is 0 Å². The van der Waals surface area contributed by atoms with Crippen LogP contribution in [0.4, 0.5) is 10.5 Å². The Morgan fingerprint density at radius 3 is 2.53 bits per heavy atom. The predicted octanol–water partition coefficient (Wildman–Crippen LogP) is 2.41. The zero-order valence-electron chi connectivity index (χ0n) is 11.0. The standard InChI is InChI=1S/C13H18BrN3O2/c1-9-4-5-12(11(14)8-9)17-13(19)16-7-3-6-15-10(2)18/h4-5,8H,3,6-7H2,1-2H3,(H,15,18)(H2,16,17,19). The molecule has 1 aromatic carbocycles. The highest BCUT2D eigenvalue weighted by molar-refractivity contribution is 9.10. The van der Waals surface area contributed by atoms with E-state index in [0.29, 0.717) is 19.5 Å². The van der Waals surface area contributed by atoms with Crippen molar-refractivity contribution in [3.63, 3.8) is 0 Å². The molecule has 104 valence electrons. The fourth-order valence-electron chi connectivity index (χ4n) is 1.44. The van der Waals surface area contributed by atoms with Gasteiger partial charge in [-0.3, -0.25) is 4.79 Å². The summed E-state index contributed by atoms with van der Waals surface area (Å²) < 4.78 is 0.848. The van der Waals surface area contributed by atoms with Gasteiger partial charge >= 0.3 is 6.03 Å². The van der Waals surface area contributed by atoms with Crippen LogP contribution >= 0.6 is 15.9 Å². The summed E-state index contributed by atoms with van der Waals surface area (Å²) >= 11 is 3.39. The Morgan fingerprint density at radius 1 is 1.21 bits per heavy atom. The smallest absolute Gasteiger partial charge is 0.319 e. The number of amides is 3. The van der Waals surface area contributed by atoms with Gasteiger partial charge in [0.2, 0.25) is 5.91 Å². The highest BCUT2D eigenvalue weighted by Gasteiger charge is 2.04. The summed E-state index contributed by atoms with van der Waals surface area (Å²) in [6.45, 7) is 4.52. The van der Waals surface area contributed by atoms with Gasteiger partial charge in [-0.1, -0.05) is 6.07 Å². The fraction of sp³-hybridized carbons (Fsp3) is 0.385. The molecule has 19 heavy (non-hydrogen) atoms. The van der Waals surface area contributed by atoms with Crippen molar-refractivity contribution in [2.45, 2.75) is 20.3 Å². The van der Waals surface area contributed by atoms with Gasteiger partial charge in [-0.25, -0.2) is 4.79 Å². The number of rotatable bonds is 5. The number of aryl methyl sites for hydroxylation is 1. The summed E-state index contributed by atoms with van der Waals surface area (Å²) in [5.74, 6) is -0.0620. The van der Waals surface area contributed by atoms with Gasteiger partial charge in [-0.2, -0.15) is 0 Å². The minimum atomic E-state index is -0.257. The maximum absolute atomic E-state index is 11.6. The molecule has 0 fully saturated rings. The molecule has 0 aliphatic carbocycles. The molecule has 0 spiro atoms. The minimum absolute atomic E-state index is 0.0620. The van der Waals surface area contributed by atoms with E-state index in [1.54, 1.807) is 0 Å². The second kappa shape index (κ2) is 7.78. The maximum Gasteiger partial charge on any atom is 0.319 e. The first-order chi connectivity index (χ1) is 8.99. The molecule has 0 saturated heterocycles. The number of urea groups is 1. The lowest BCUT2D eigenvalue weighted by Crippen LogP contribution is -2.32. The molecule has 1 rings (SSSR count). The predicted molar refractivity (Wildman–Crippen MR) is 79.2 cm³/mol. The molecule has 0 heterocycles. The van der Waals surface area contributed by atoms with Gasteiger partial charge in [-0.05, 0) is 47.0 Å². The molecule has 0 unspecified atom stereocenters. The topological polar surface area (TPSA) is 70.2 Å². The van der Waals surface area contributed by atoms with Crippen LogP contribution in [-0.4, -0.2) is 25.0 Å². The van der Waals surface area contributed by atoms with E-state index < -0.39 is 0 Å². The molecule has 0 saturated carbocycles. The number of benzene rings is 1. The van der Waals surface area contributed by atoms with E-state index >= 15 is 0 Å². The summed E-state index contributed by atoms with van der Waals surface area (Å²) in [7, 11) is 0. The second-order valence-electron chi connectivity index (χ2n) is 4.20. The Bertz CT molecular complexity index is 463. The molecule has 0 bridgehead atoms. The average Bonchev–Trinajstić information content (AvgIpc) is 2.32. The average molecular weight is 328 g/mol. The zero-order chi connectivity index (χ0) is 14.3. The van der Waals surface area contributed by atoms with Gasteiger partial charge in [0.15, 0.2) is 0 Å². The fourth-order valence-corrected chi connectivity index (χ4v) is 2.04. The largest absolute Gasteiger partial charge is 0.356 e. The molecule has 3 N–H and O–H groups in total. The Hall–Kier alpha value is -1.56. The van der Waals surface area contributed by atoms with E-state index in [4.69, 9.17) is 0 Å². The normalized spacial score (nSPS) is 9.84. The minimum Gasteiger partial charge on any atom is -0.356 e. The van der Waals surface area contributed by atoms with E-state index in [1.165, 1.54) is 6.92 Å². The number of anilines is 1. The second-order valence-corrected chi connectivity index (χ2v) is 5.06. The molecule has 0 radical (unpaired) electrons. The summed E-state index contributed by atoms with van der Waals surface area (Å²) in [6.07, 6.45) is 0.696. The van der Waals surface area contributed by atoms with Gasteiger partial charge in [-0.15, -0.1) is 0 Å². The van der Waals surface area contributed by atoms with Crippen LogP contribution in [0.5, 0.6) is 0 Å². The van der Waals surface area contributed by atoms with E-state index in [-0.39, 0.29) is 11.9 Å². The first-order valence-corrected chi connectivity index (χ1v) is 6.84. The maximum atomic E-state index is 11.6. The Labute approximate surface area is 121 Å². The van der Waals surface area contributed by atoms with Crippen molar-refractivity contribution in [2.75, 3.05) is 18.4 Å². The molecule has 1 aromatic rings. The van der Waals surface area contributed by atoms with Crippen LogP contribution in [0.25, 0.3) is 0 Å². The Kier molecular flexibility index (Phi) is 6.35. The quantitative estimate of drug-likeness (QED) is 0.727. The first kappa shape index (κ1) is 15.5. The van der Waals surface area contributed by atoms with Crippen LogP contribution in [0.3, 0.4) is 0 Å². The molecular formula is C13H18BrN3O2. The van der Waals surface area contributed by atoms with Crippen LogP contribution in [0.1, 0.15) is 18.9 Å². The summed E-state index contributed by atoms with van der Waals surface area (Å²) in [6, 6.07) is 5.45.